The van der Waals surface area contributed by atoms with Crippen LogP contribution in [0.2, 0.25) is 0 Å². The van der Waals surface area contributed by atoms with E-state index in [1.165, 1.54) is 45.1 Å². The van der Waals surface area contributed by atoms with E-state index < -0.39 is 0 Å². The summed E-state index contributed by atoms with van der Waals surface area (Å²) in [4.78, 5) is 4.28. The van der Waals surface area contributed by atoms with Gasteiger partial charge in [0.15, 0.2) is 0 Å². The lowest BCUT2D eigenvalue weighted by Gasteiger charge is -2.47. The van der Waals surface area contributed by atoms with Gasteiger partial charge in [0.2, 0.25) is 0 Å². The zero-order valence-corrected chi connectivity index (χ0v) is 11.3. The lowest BCUT2D eigenvalue weighted by Crippen LogP contribution is -2.56. The van der Waals surface area contributed by atoms with Gasteiger partial charge < -0.3 is 5.73 Å². The van der Waals surface area contributed by atoms with Crippen LogP contribution in [-0.4, -0.2) is 23.5 Å². The van der Waals surface area contributed by atoms with E-state index in [0.29, 0.717) is 5.54 Å². The molecule has 0 bridgehead atoms. The molecular weight excluding hydrogens is 228 g/mol. The predicted molar refractivity (Wildman–Crippen MR) is 73.3 cm³/mol. The van der Waals surface area contributed by atoms with Crippen LogP contribution in [0.5, 0.6) is 0 Å². The molecule has 0 amide bonds. The lowest BCUT2D eigenvalue weighted by molar-refractivity contribution is 0.0454. The molecule has 3 heteroatoms. The van der Waals surface area contributed by atoms with E-state index in [1.807, 2.05) is 11.3 Å². The van der Waals surface area contributed by atoms with E-state index in [0.717, 1.165) is 13.1 Å². The topological polar surface area (TPSA) is 29.3 Å². The first-order chi connectivity index (χ1) is 8.34. The Morgan fingerprint density at radius 2 is 2.12 bits per heavy atom. The Bertz CT molecular complexity index is 379. The molecule has 1 aliphatic heterocycles. The molecule has 1 aromatic rings. The summed E-state index contributed by atoms with van der Waals surface area (Å²) < 4.78 is 0. The highest BCUT2D eigenvalue weighted by Crippen LogP contribution is 2.36. The summed E-state index contributed by atoms with van der Waals surface area (Å²) >= 11 is 1.92. The number of nitrogens with zero attached hydrogens (tertiary/aromatic N) is 1. The third kappa shape index (κ3) is 2.05. The normalized spacial score (nSPS) is 24.5. The minimum absolute atomic E-state index is 0.317. The van der Waals surface area contributed by atoms with Crippen LogP contribution in [0.3, 0.4) is 0 Å². The number of hydrogen-bond acceptors (Lipinski definition) is 3. The van der Waals surface area contributed by atoms with Gasteiger partial charge >= 0.3 is 0 Å². The van der Waals surface area contributed by atoms with E-state index in [4.69, 9.17) is 5.73 Å². The van der Waals surface area contributed by atoms with Gasteiger partial charge in [-0.25, -0.2) is 0 Å². The molecule has 0 unspecified atom stereocenters. The molecule has 2 heterocycles. The summed E-state index contributed by atoms with van der Waals surface area (Å²) in [5.74, 6) is 0. The largest absolute Gasteiger partial charge is 0.329 e. The Kier molecular flexibility index (Phi) is 3.24. The molecule has 0 spiro atoms. The number of fused-ring (bicyclic) bond motifs is 1. The Morgan fingerprint density at radius 3 is 2.88 bits per heavy atom. The molecule has 1 fully saturated rings. The van der Waals surface area contributed by atoms with Crippen LogP contribution in [0, 0.1) is 0 Å². The van der Waals surface area contributed by atoms with Crippen LogP contribution in [0.15, 0.2) is 11.4 Å². The Hall–Kier alpha value is -0.380. The highest BCUT2D eigenvalue weighted by Gasteiger charge is 2.38. The van der Waals surface area contributed by atoms with Gasteiger partial charge in [-0.15, -0.1) is 11.3 Å². The van der Waals surface area contributed by atoms with E-state index in [1.54, 1.807) is 10.4 Å². The number of thiophene rings is 1. The van der Waals surface area contributed by atoms with Crippen molar-refractivity contribution in [2.75, 3.05) is 13.1 Å². The van der Waals surface area contributed by atoms with Crippen molar-refractivity contribution in [1.82, 2.24) is 4.90 Å². The fraction of sp³-hybridized carbons (Fsp3) is 0.714. The second-order valence-corrected chi connectivity index (χ2v) is 6.53. The lowest BCUT2D eigenvalue weighted by atomic mass is 9.79. The molecule has 1 saturated carbocycles. The number of nitrogens with two attached hydrogens (primary N) is 1. The maximum atomic E-state index is 6.13. The van der Waals surface area contributed by atoms with E-state index in [9.17, 15) is 0 Å². The highest BCUT2D eigenvalue weighted by atomic mass is 32.1. The van der Waals surface area contributed by atoms with Crippen molar-refractivity contribution in [2.45, 2.75) is 50.6 Å². The molecule has 3 rings (SSSR count). The fourth-order valence-electron chi connectivity index (χ4n) is 3.51. The van der Waals surface area contributed by atoms with Crippen molar-refractivity contribution in [2.24, 2.45) is 5.73 Å². The summed E-state index contributed by atoms with van der Waals surface area (Å²) in [5.41, 5.74) is 8.00. The second-order valence-electron chi connectivity index (χ2n) is 5.53. The average molecular weight is 250 g/mol. The highest BCUT2D eigenvalue weighted by molar-refractivity contribution is 7.10. The first-order valence-electron chi connectivity index (χ1n) is 6.84. The zero-order valence-electron chi connectivity index (χ0n) is 10.5. The summed E-state index contributed by atoms with van der Waals surface area (Å²) in [6.45, 7) is 3.19. The van der Waals surface area contributed by atoms with Gasteiger partial charge in [0.1, 0.15) is 0 Å². The molecule has 17 heavy (non-hydrogen) atoms. The van der Waals surface area contributed by atoms with Gasteiger partial charge in [0.05, 0.1) is 0 Å². The van der Waals surface area contributed by atoms with Crippen LogP contribution in [0.4, 0.5) is 0 Å². The van der Waals surface area contributed by atoms with E-state index in [-0.39, 0.29) is 0 Å². The van der Waals surface area contributed by atoms with Crippen LogP contribution >= 0.6 is 11.3 Å². The standard InChI is InChI=1S/C14H22N2S/c15-11-14(6-2-1-3-7-14)16-8-4-13-12(10-16)5-9-17-13/h5,9H,1-4,6-8,10-11,15H2. The fourth-order valence-corrected chi connectivity index (χ4v) is 4.40. The molecule has 0 radical (unpaired) electrons. The van der Waals surface area contributed by atoms with Gasteiger partial charge in [-0.3, -0.25) is 4.90 Å². The molecule has 94 valence electrons. The maximum Gasteiger partial charge on any atom is 0.0335 e. The van der Waals surface area contributed by atoms with Gasteiger partial charge in [0.25, 0.3) is 0 Å². The molecule has 1 aliphatic carbocycles. The Labute approximate surface area is 108 Å². The summed E-state index contributed by atoms with van der Waals surface area (Å²) in [5, 5.41) is 2.24. The minimum Gasteiger partial charge on any atom is -0.329 e. The van der Waals surface area contributed by atoms with Crippen molar-refractivity contribution in [1.29, 1.82) is 0 Å². The molecule has 0 saturated heterocycles. The SMILES string of the molecule is NCC1(N2CCc3sccc3C2)CCCCC1. The predicted octanol–water partition coefficient (Wildman–Crippen LogP) is 2.77. The Morgan fingerprint density at radius 1 is 1.29 bits per heavy atom. The van der Waals surface area contributed by atoms with Crippen molar-refractivity contribution >= 4 is 11.3 Å². The zero-order chi connectivity index (χ0) is 11.7. The molecule has 1 aromatic heterocycles. The smallest absolute Gasteiger partial charge is 0.0335 e. The average Bonchev–Trinajstić information content (AvgIpc) is 2.86. The summed E-state index contributed by atoms with van der Waals surface area (Å²) in [7, 11) is 0. The molecular formula is C14H22N2S. The van der Waals surface area contributed by atoms with Crippen molar-refractivity contribution in [3.8, 4) is 0 Å². The van der Waals surface area contributed by atoms with Gasteiger partial charge in [-0.05, 0) is 36.3 Å². The van der Waals surface area contributed by atoms with Gasteiger partial charge in [0, 0.05) is 30.1 Å². The van der Waals surface area contributed by atoms with Crippen molar-refractivity contribution < 1.29 is 0 Å². The van der Waals surface area contributed by atoms with E-state index in [2.05, 4.69) is 16.3 Å². The third-order valence-electron chi connectivity index (χ3n) is 4.64. The second kappa shape index (κ2) is 4.71. The van der Waals surface area contributed by atoms with E-state index >= 15 is 0 Å². The van der Waals surface area contributed by atoms with Crippen LogP contribution in [-0.2, 0) is 13.0 Å². The first-order valence-corrected chi connectivity index (χ1v) is 7.72. The molecule has 2 N–H and O–H groups in total. The molecule has 2 aliphatic rings. The van der Waals surface area contributed by atoms with Crippen molar-refractivity contribution in [3.05, 3.63) is 21.9 Å². The molecule has 0 atom stereocenters. The first kappa shape index (κ1) is 11.7. The van der Waals surface area contributed by atoms with Crippen LogP contribution in [0.1, 0.15) is 42.5 Å². The minimum atomic E-state index is 0.317. The third-order valence-corrected chi connectivity index (χ3v) is 5.67. The summed E-state index contributed by atoms with van der Waals surface area (Å²) in [6.07, 6.45) is 7.98. The maximum absolute atomic E-state index is 6.13. The monoisotopic (exact) mass is 250 g/mol. The quantitative estimate of drug-likeness (QED) is 0.874. The van der Waals surface area contributed by atoms with Gasteiger partial charge in [-0.2, -0.15) is 0 Å². The summed E-state index contributed by atoms with van der Waals surface area (Å²) in [6, 6.07) is 2.30. The van der Waals surface area contributed by atoms with Crippen LogP contribution in [0.25, 0.3) is 0 Å². The molecule has 2 nitrogen and oxygen atoms in total. The Balaban J connectivity index is 1.80. The van der Waals surface area contributed by atoms with Crippen molar-refractivity contribution in [3.63, 3.8) is 0 Å². The molecule has 0 aromatic carbocycles. The number of rotatable bonds is 2. The van der Waals surface area contributed by atoms with Gasteiger partial charge in [-0.1, -0.05) is 19.3 Å². The number of hydrogen-bond donors (Lipinski definition) is 1. The van der Waals surface area contributed by atoms with Crippen LogP contribution < -0.4 is 5.73 Å².